The fraction of sp³-hybridized carbons (Fsp3) is 0.588. The second kappa shape index (κ2) is 5.79. The number of amides is 1. The zero-order chi connectivity index (χ0) is 16.8. The molecule has 4 heterocycles. The molecule has 1 amide bonds. The first kappa shape index (κ1) is 14.8. The van der Waals surface area contributed by atoms with Crippen LogP contribution < -0.4 is 10.2 Å². The van der Waals surface area contributed by atoms with Gasteiger partial charge in [0, 0.05) is 37.2 Å². The third-order valence-corrected chi connectivity index (χ3v) is 5.44. The van der Waals surface area contributed by atoms with Crippen LogP contribution in [-0.4, -0.2) is 50.3 Å². The van der Waals surface area contributed by atoms with Gasteiger partial charge < -0.3 is 14.8 Å². The second-order valence-corrected chi connectivity index (χ2v) is 7.14. The molecule has 0 bridgehead atoms. The van der Waals surface area contributed by atoms with Crippen LogP contribution in [0.2, 0.25) is 0 Å². The average molecular weight is 339 g/mol. The summed E-state index contributed by atoms with van der Waals surface area (Å²) in [7, 11) is 0. The molecule has 1 N–H and O–H groups in total. The first-order valence-corrected chi connectivity index (χ1v) is 9.07. The van der Waals surface area contributed by atoms with Gasteiger partial charge in [0.15, 0.2) is 0 Å². The molecular formula is C17H21N7O. The summed E-state index contributed by atoms with van der Waals surface area (Å²) in [4.78, 5) is 24.1. The summed E-state index contributed by atoms with van der Waals surface area (Å²) in [5.41, 5.74) is 1.62. The highest BCUT2D eigenvalue weighted by Gasteiger charge is 2.33. The monoisotopic (exact) mass is 339 g/mol. The Bertz CT molecular complexity index is 792. The summed E-state index contributed by atoms with van der Waals surface area (Å²) in [5, 5.41) is 10.7. The van der Waals surface area contributed by atoms with E-state index in [2.05, 4.69) is 30.0 Å². The standard InChI is InChI=1S/C17H21N7O/c25-17-14-13(3-6-18-17)16(22-15(21-14)11-1-2-11)23-7-4-12(5-8-23)24-9-19-20-10-24/h9-12H,1-8H2,(H,18,25). The molecule has 2 aliphatic heterocycles. The van der Waals surface area contributed by atoms with Gasteiger partial charge in [-0.1, -0.05) is 0 Å². The Hall–Kier alpha value is -2.51. The number of aromatic nitrogens is 5. The molecule has 8 nitrogen and oxygen atoms in total. The van der Waals surface area contributed by atoms with Crippen LogP contribution in [-0.2, 0) is 6.42 Å². The average Bonchev–Trinajstić information content (AvgIpc) is 3.36. The molecule has 130 valence electrons. The second-order valence-electron chi connectivity index (χ2n) is 7.14. The summed E-state index contributed by atoms with van der Waals surface area (Å²) >= 11 is 0. The Labute approximate surface area is 145 Å². The van der Waals surface area contributed by atoms with Crippen molar-refractivity contribution in [3.63, 3.8) is 0 Å². The van der Waals surface area contributed by atoms with Gasteiger partial charge in [0.25, 0.3) is 5.91 Å². The first-order valence-electron chi connectivity index (χ1n) is 9.07. The van der Waals surface area contributed by atoms with E-state index in [4.69, 9.17) is 4.98 Å². The SMILES string of the molecule is O=C1NCCc2c1nc(C1CC1)nc2N1CCC(n2cnnc2)CC1. The van der Waals surface area contributed by atoms with E-state index >= 15 is 0 Å². The first-order chi connectivity index (χ1) is 12.3. The van der Waals surface area contributed by atoms with Crippen LogP contribution in [0.4, 0.5) is 5.82 Å². The van der Waals surface area contributed by atoms with E-state index in [-0.39, 0.29) is 5.91 Å². The van der Waals surface area contributed by atoms with Crippen LogP contribution in [0.25, 0.3) is 0 Å². The van der Waals surface area contributed by atoms with E-state index in [1.807, 2.05) is 0 Å². The maximum absolute atomic E-state index is 12.3. The molecule has 3 aliphatic rings. The lowest BCUT2D eigenvalue weighted by molar-refractivity contribution is 0.0940. The summed E-state index contributed by atoms with van der Waals surface area (Å²) in [6.45, 7) is 2.53. The largest absolute Gasteiger partial charge is 0.356 e. The molecule has 0 aromatic carbocycles. The normalized spacial score (nSPS) is 21.1. The highest BCUT2D eigenvalue weighted by atomic mass is 16.1. The van der Waals surface area contributed by atoms with E-state index in [1.54, 1.807) is 12.7 Å². The van der Waals surface area contributed by atoms with Gasteiger partial charge in [-0.25, -0.2) is 9.97 Å². The number of anilines is 1. The molecule has 0 radical (unpaired) electrons. The van der Waals surface area contributed by atoms with Crippen LogP contribution in [0.15, 0.2) is 12.7 Å². The topological polar surface area (TPSA) is 88.8 Å². The summed E-state index contributed by atoms with van der Waals surface area (Å²) < 4.78 is 2.09. The fourth-order valence-electron chi connectivity index (χ4n) is 3.85. The molecule has 2 aromatic rings. The number of fused-ring (bicyclic) bond motifs is 1. The van der Waals surface area contributed by atoms with Gasteiger partial charge in [0.2, 0.25) is 0 Å². The molecule has 1 saturated heterocycles. The Morgan fingerprint density at radius 1 is 1.04 bits per heavy atom. The fourth-order valence-corrected chi connectivity index (χ4v) is 3.85. The highest BCUT2D eigenvalue weighted by molar-refractivity contribution is 5.96. The molecule has 0 atom stereocenters. The summed E-state index contributed by atoms with van der Waals surface area (Å²) in [6.07, 6.45) is 8.73. The van der Waals surface area contributed by atoms with Crippen molar-refractivity contribution < 1.29 is 4.79 Å². The zero-order valence-corrected chi connectivity index (χ0v) is 14.1. The van der Waals surface area contributed by atoms with E-state index < -0.39 is 0 Å². The minimum Gasteiger partial charge on any atom is -0.356 e. The number of carbonyl (C=O) groups is 1. The number of nitrogens with one attached hydrogen (secondary N) is 1. The van der Waals surface area contributed by atoms with Crippen molar-refractivity contribution in [1.29, 1.82) is 0 Å². The van der Waals surface area contributed by atoms with Gasteiger partial charge in [-0.05, 0) is 32.1 Å². The van der Waals surface area contributed by atoms with Gasteiger partial charge in [0.1, 0.15) is 30.0 Å². The van der Waals surface area contributed by atoms with E-state index in [0.717, 1.165) is 62.4 Å². The predicted molar refractivity (Wildman–Crippen MR) is 90.6 cm³/mol. The molecule has 1 saturated carbocycles. The van der Waals surface area contributed by atoms with Crippen LogP contribution in [0.3, 0.4) is 0 Å². The number of piperidine rings is 1. The quantitative estimate of drug-likeness (QED) is 0.900. The van der Waals surface area contributed by atoms with Gasteiger partial charge in [0.05, 0.1) is 0 Å². The molecule has 25 heavy (non-hydrogen) atoms. The molecule has 8 heteroatoms. The van der Waals surface area contributed by atoms with E-state index in [0.29, 0.717) is 24.2 Å². The Morgan fingerprint density at radius 2 is 1.80 bits per heavy atom. The molecule has 5 rings (SSSR count). The van der Waals surface area contributed by atoms with Gasteiger partial charge >= 0.3 is 0 Å². The molecular weight excluding hydrogens is 318 g/mol. The Balaban J connectivity index is 1.44. The van der Waals surface area contributed by atoms with Crippen molar-refractivity contribution in [2.45, 2.75) is 44.1 Å². The number of hydrogen-bond donors (Lipinski definition) is 1. The third-order valence-electron chi connectivity index (χ3n) is 5.44. The minimum atomic E-state index is -0.0498. The van der Waals surface area contributed by atoms with Gasteiger partial charge in [-0.3, -0.25) is 4.79 Å². The zero-order valence-electron chi connectivity index (χ0n) is 14.1. The Morgan fingerprint density at radius 3 is 2.52 bits per heavy atom. The number of carbonyl (C=O) groups excluding carboxylic acids is 1. The molecule has 0 unspecified atom stereocenters. The van der Waals surface area contributed by atoms with Crippen molar-refractivity contribution in [2.24, 2.45) is 0 Å². The molecule has 0 spiro atoms. The smallest absolute Gasteiger partial charge is 0.270 e. The minimum absolute atomic E-state index is 0.0498. The molecule has 2 fully saturated rings. The predicted octanol–water partition coefficient (Wildman–Crippen LogP) is 1.07. The van der Waals surface area contributed by atoms with E-state index in [9.17, 15) is 4.79 Å². The molecule has 1 aliphatic carbocycles. The Kier molecular flexibility index (Phi) is 3.43. The lowest BCUT2D eigenvalue weighted by Gasteiger charge is -2.35. The van der Waals surface area contributed by atoms with Crippen molar-refractivity contribution in [2.75, 3.05) is 24.5 Å². The van der Waals surface area contributed by atoms with Crippen molar-refractivity contribution in [3.8, 4) is 0 Å². The van der Waals surface area contributed by atoms with Gasteiger partial charge in [-0.15, -0.1) is 10.2 Å². The van der Waals surface area contributed by atoms with Crippen LogP contribution >= 0.6 is 0 Å². The number of rotatable bonds is 3. The van der Waals surface area contributed by atoms with Crippen molar-refractivity contribution >= 4 is 11.7 Å². The van der Waals surface area contributed by atoms with Crippen LogP contribution in [0, 0.1) is 0 Å². The van der Waals surface area contributed by atoms with Gasteiger partial charge in [-0.2, -0.15) is 0 Å². The highest BCUT2D eigenvalue weighted by Crippen LogP contribution is 2.40. The summed E-state index contributed by atoms with van der Waals surface area (Å²) in [5.74, 6) is 2.23. The maximum Gasteiger partial charge on any atom is 0.270 e. The number of nitrogens with zero attached hydrogens (tertiary/aromatic N) is 6. The number of hydrogen-bond acceptors (Lipinski definition) is 6. The maximum atomic E-state index is 12.3. The summed E-state index contributed by atoms with van der Waals surface area (Å²) in [6, 6.07) is 0.440. The lowest BCUT2D eigenvalue weighted by Crippen LogP contribution is -2.39. The van der Waals surface area contributed by atoms with Crippen molar-refractivity contribution in [1.82, 2.24) is 30.0 Å². The van der Waals surface area contributed by atoms with Crippen LogP contribution in [0.1, 0.15) is 59.5 Å². The lowest BCUT2D eigenvalue weighted by atomic mass is 10.0. The van der Waals surface area contributed by atoms with Crippen molar-refractivity contribution in [3.05, 3.63) is 29.7 Å². The van der Waals surface area contributed by atoms with Crippen LogP contribution in [0.5, 0.6) is 0 Å². The van der Waals surface area contributed by atoms with E-state index in [1.165, 1.54) is 0 Å². The molecule has 2 aromatic heterocycles. The third kappa shape index (κ3) is 2.65.